The van der Waals surface area contributed by atoms with Gasteiger partial charge in [-0.1, -0.05) is 19.9 Å². The second kappa shape index (κ2) is 12.2. The van der Waals surface area contributed by atoms with Gasteiger partial charge in [-0.2, -0.15) is 0 Å². The maximum atomic E-state index is 14.3. The number of hydrogen-bond acceptors (Lipinski definition) is 9. The highest BCUT2D eigenvalue weighted by molar-refractivity contribution is 6.20. The molecule has 5 rings (SSSR count). The van der Waals surface area contributed by atoms with Crippen molar-refractivity contribution in [1.82, 2.24) is 0 Å². The Balaban J connectivity index is 1.92. The summed E-state index contributed by atoms with van der Waals surface area (Å²) in [6.45, 7) is 5.75. The van der Waals surface area contributed by atoms with Crippen LogP contribution in [0.15, 0.2) is 71.4 Å². The zero-order valence-electron chi connectivity index (χ0n) is 26.9. The largest absolute Gasteiger partial charge is 0.507 e. The molecule has 0 amide bonds. The van der Waals surface area contributed by atoms with Crippen LogP contribution in [0.25, 0.3) is 5.76 Å². The average molecular weight is 628 g/mol. The fraction of sp³-hybridized carbons (Fsp3) is 0.314. The number of carbonyl (C=O) groups is 1. The van der Waals surface area contributed by atoms with E-state index in [0.29, 0.717) is 63.1 Å². The molecule has 3 aromatic carbocycles. The molecule has 1 aliphatic heterocycles. The Morgan fingerprint density at radius 2 is 1.59 bits per heavy atom. The molecule has 2 N–H and O–H groups in total. The molecule has 2 aliphatic rings. The minimum Gasteiger partial charge on any atom is -0.507 e. The summed E-state index contributed by atoms with van der Waals surface area (Å²) in [7, 11) is 6.00. The van der Waals surface area contributed by atoms with Crippen LogP contribution in [0.5, 0.6) is 23.0 Å². The monoisotopic (exact) mass is 627 g/mol. The second-order valence-corrected chi connectivity index (χ2v) is 12.1. The van der Waals surface area contributed by atoms with Gasteiger partial charge in [-0.3, -0.25) is 25.2 Å². The number of methoxy groups -OCH3 is 4. The smallest absolute Gasteiger partial charge is 0.271 e. The van der Waals surface area contributed by atoms with Crippen molar-refractivity contribution >= 4 is 28.8 Å². The summed E-state index contributed by atoms with van der Waals surface area (Å²) in [4.78, 5) is 27.3. The van der Waals surface area contributed by atoms with Gasteiger partial charge in [-0.15, -0.1) is 0 Å². The predicted octanol–water partition coefficient (Wildman–Crippen LogP) is 7.13. The standard InChI is InChI=1S/C35H37N3O8/c1-19-8-11-22(38(41)42)16-24(19)37-25-17-35(2,3)18-26(39)30(25)29(21-14-27(44-5)33(46-7)28(15-21)45-6)31(34(37)36)32(40)20-9-12-23(43-4)13-10-20/h8-16,29,36,40H,17-18H2,1-7H3/t29-/m0/s1. The van der Waals surface area contributed by atoms with Gasteiger partial charge in [0.2, 0.25) is 5.75 Å². The molecule has 11 nitrogen and oxygen atoms in total. The third-order valence-electron chi connectivity index (χ3n) is 8.51. The van der Waals surface area contributed by atoms with Crippen molar-refractivity contribution in [3.8, 4) is 23.0 Å². The maximum absolute atomic E-state index is 14.3. The van der Waals surface area contributed by atoms with Crippen molar-refractivity contribution in [2.75, 3.05) is 33.3 Å². The maximum Gasteiger partial charge on any atom is 0.271 e. The van der Waals surface area contributed by atoms with Crippen LogP contribution < -0.4 is 23.8 Å². The molecule has 0 fully saturated rings. The van der Waals surface area contributed by atoms with E-state index in [9.17, 15) is 25.4 Å². The Labute approximate surface area is 267 Å². The van der Waals surface area contributed by atoms with E-state index in [2.05, 4.69) is 0 Å². The second-order valence-electron chi connectivity index (χ2n) is 12.1. The summed E-state index contributed by atoms with van der Waals surface area (Å²) in [6, 6.07) is 14.6. The van der Waals surface area contributed by atoms with Gasteiger partial charge >= 0.3 is 0 Å². The lowest BCUT2D eigenvalue weighted by atomic mass is 9.67. The minimum atomic E-state index is -0.919. The molecule has 1 atom stereocenters. The zero-order valence-corrected chi connectivity index (χ0v) is 26.9. The number of amidine groups is 1. The molecule has 0 saturated heterocycles. The molecule has 1 aliphatic carbocycles. The van der Waals surface area contributed by atoms with Gasteiger partial charge in [0, 0.05) is 46.9 Å². The van der Waals surface area contributed by atoms with E-state index in [1.165, 1.54) is 40.6 Å². The van der Waals surface area contributed by atoms with Crippen LogP contribution in [-0.4, -0.2) is 50.1 Å². The Morgan fingerprint density at radius 1 is 0.957 bits per heavy atom. The lowest BCUT2D eigenvalue weighted by Crippen LogP contribution is -2.45. The number of ether oxygens (including phenoxy) is 4. The van der Waals surface area contributed by atoms with Crippen molar-refractivity contribution in [1.29, 1.82) is 5.41 Å². The number of non-ortho nitro benzene ring substituents is 1. The number of nitro groups is 1. The number of carbonyl (C=O) groups excluding carboxylic acids is 1. The molecule has 0 spiro atoms. The quantitative estimate of drug-likeness (QED) is 0.151. The van der Waals surface area contributed by atoms with Gasteiger partial charge in [-0.05, 0) is 66.3 Å². The van der Waals surface area contributed by atoms with Crippen molar-refractivity contribution in [2.45, 2.75) is 39.5 Å². The highest BCUT2D eigenvalue weighted by Crippen LogP contribution is 2.53. The number of aliphatic hydroxyl groups excluding tert-OH is 1. The summed E-state index contributed by atoms with van der Waals surface area (Å²) in [5, 5.41) is 33.7. The first kappa shape index (κ1) is 32.1. The van der Waals surface area contributed by atoms with E-state index in [1.54, 1.807) is 54.3 Å². The lowest BCUT2D eigenvalue weighted by Gasteiger charge is -2.45. The van der Waals surface area contributed by atoms with Gasteiger partial charge in [0.15, 0.2) is 17.3 Å². The van der Waals surface area contributed by atoms with Crippen LogP contribution in [0.1, 0.15) is 49.3 Å². The minimum absolute atomic E-state index is 0.125. The summed E-state index contributed by atoms with van der Waals surface area (Å²) in [5.74, 6) is 0.170. The number of anilines is 1. The summed E-state index contributed by atoms with van der Waals surface area (Å²) < 4.78 is 22.2. The van der Waals surface area contributed by atoms with E-state index < -0.39 is 16.3 Å². The van der Waals surface area contributed by atoms with Crippen LogP contribution in [0.3, 0.4) is 0 Å². The lowest BCUT2D eigenvalue weighted by molar-refractivity contribution is -0.384. The molecule has 1 heterocycles. The molecule has 0 saturated carbocycles. The number of ketones is 1. The van der Waals surface area contributed by atoms with Crippen LogP contribution >= 0.6 is 0 Å². The number of Topliss-reactive ketones (excluding diaryl/α,β-unsaturated/α-hetero) is 1. The molecule has 0 bridgehead atoms. The Hall–Kier alpha value is -5.32. The molecule has 0 aromatic heterocycles. The number of benzene rings is 3. The SMILES string of the molecule is COc1ccc(C(O)=C2C(=N)N(c3cc([N+](=O)[O-])ccc3C)C3=C(C(=O)CC(C)(C)C3)[C@@H]2c2cc(OC)c(OC)c(OC)c2)cc1. The number of aliphatic hydroxyl groups is 1. The van der Waals surface area contributed by atoms with Crippen LogP contribution in [0.2, 0.25) is 0 Å². The van der Waals surface area contributed by atoms with Gasteiger partial charge in [0.25, 0.3) is 5.69 Å². The first-order chi connectivity index (χ1) is 21.8. The first-order valence-electron chi connectivity index (χ1n) is 14.6. The van der Waals surface area contributed by atoms with Crippen LogP contribution in [-0.2, 0) is 4.79 Å². The molecular weight excluding hydrogens is 590 g/mol. The fourth-order valence-corrected chi connectivity index (χ4v) is 6.34. The Bertz CT molecular complexity index is 1780. The number of aryl methyl sites for hydroxylation is 1. The number of nitro benzene ring substituents is 1. The van der Waals surface area contributed by atoms with Crippen molar-refractivity contribution in [3.05, 3.63) is 98.2 Å². The van der Waals surface area contributed by atoms with Gasteiger partial charge in [0.1, 0.15) is 17.3 Å². The molecular formula is C35H37N3O8. The molecule has 3 aromatic rings. The molecule has 46 heavy (non-hydrogen) atoms. The molecule has 0 radical (unpaired) electrons. The predicted molar refractivity (Wildman–Crippen MR) is 174 cm³/mol. The number of nitrogens with one attached hydrogen (secondary N) is 1. The number of rotatable bonds is 8. The summed E-state index contributed by atoms with van der Waals surface area (Å²) in [5.41, 5.74) is 2.39. The highest BCUT2D eigenvalue weighted by Gasteiger charge is 2.47. The summed E-state index contributed by atoms with van der Waals surface area (Å²) in [6.07, 6.45) is 0.620. The number of hydrogen-bond donors (Lipinski definition) is 2. The van der Waals surface area contributed by atoms with Crippen molar-refractivity contribution in [2.24, 2.45) is 5.41 Å². The third-order valence-corrected chi connectivity index (χ3v) is 8.51. The van der Waals surface area contributed by atoms with Gasteiger partial charge < -0.3 is 24.1 Å². The first-order valence-corrected chi connectivity index (χ1v) is 14.6. The van der Waals surface area contributed by atoms with Crippen LogP contribution in [0, 0.1) is 27.9 Å². The van der Waals surface area contributed by atoms with E-state index in [0.717, 1.165) is 0 Å². The van der Waals surface area contributed by atoms with Gasteiger partial charge in [-0.25, -0.2) is 0 Å². The van der Waals surface area contributed by atoms with E-state index in [4.69, 9.17) is 18.9 Å². The molecule has 11 heteroatoms. The normalized spacial score (nSPS) is 18.6. The van der Waals surface area contributed by atoms with Crippen molar-refractivity contribution in [3.63, 3.8) is 0 Å². The Kier molecular flexibility index (Phi) is 8.53. The fourth-order valence-electron chi connectivity index (χ4n) is 6.34. The summed E-state index contributed by atoms with van der Waals surface area (Å²) >= 11 is 0. The number of allylic oxidation sites excluding steroid dienone is 2. The average Bonchev–Trinajstić information content (AvgIpc) is 3.03. The van der Waals surface area contributed by atoms with E-state index >= 15 is 0 Å². The number of nitrogens with zero attached hydrogens (tertiary/aromatic N) is 2. The highest BCUT2D eigenvalue weighted by atomic mass is 16.6. The van der Waals surface area contributed by atoms with Crippen molar-refractivity contribution < 1.29 is 33.8 Å². The molecule has 240 valence electrons. The third kappa shape index (κ3) is 5.53. The van der Waals surface area contributed by atoms with Gasteiger partial charge in [0.05, 0.1) is 39.0 Å². The topological polar surface area (TPSA) is 144 Å². The van der Waals surface area contributed by atoms with Crippen LogP contribution in [0.4, 0.5) is 11.4 Å². The zero-order chi connectivity index (χ0) is 33.5. The Morgan fingerprint density at radius 3 is 2.13 bits per heavy atom. The van der Waals surface area contributed by atoms with E-state index in [1.807, 2.05) is 13.8 Å². The molecule has 0 unspecified atom stereocenters. The van der Waals surface area contributed by atoms with E-state index in [-0.39, 0.29) is 35.1 Å².